The van der Waals surface area contributed by atoms with Crippen molar-refractivity contribution >= 4 is 32.4 Å². The van der Waals surface area contributed by atoms with E-state index in [9.17, 15) is 26.4 Å². The van der Waals surface area contributed by atoms with Crippen LogP contribution in [0.5, 0.6) is 0 Å². The Balaban J connectivity index is 2.10. The topological polar surface area (TPSA) is 133 Å². The predicted molar refractivity (Wildman–Crippen MR) is 112 cm³/mol. The smallest absolute Gasteiger partial charge is 0.326 e. The quantitative estimate of drug-likeness (QED) is 0.415. The molecule has 0 saturated carbocycles. The van der Waals surface area contributed by atoms with Gasteiger partial charge in [0.05, 0.1) is 30.1 Å². The molecule has 0 atom stereocenters. The first-order valence-electron chi connectivity index (χ1n) is 9.75. The van der Waals surface area contributed by atoms with Gasteiger partial charge in [0.25, 0.3) is 5.91 Å². The maximum atomic E-state index is 13.1. The van der Waals surface area contributed by atoms with Gasteiger partial charge in [-0.3, -0.25) is 9.63 Å². The minimum atomic E-state index is -4.68. The van der Waals surface area contributed by atoms with Crippen molar-refractivity contribution in [1.82, 2.24) is 34.6 Å². The van der Waals surface area contributed by atoms with Gasteiger partial charge in [0.2, 0.25) is 0 Å². The largest absolute Gasteiger partial charge is 0.433 e. The lowest BCUT2D eigenvalue weighted by Crippen LogP contribution is -2.26. The lowest BCUT2D eigenvalue weighted by atomic mass is 10.2. The average Bonchev–Trinajstić information content (AvgIpc) is 3.31. The number of sulfone groups is 1. The Hall–Kier alpha value is -3.59. The van der Waals surface area contributed by atoms with Crippen LogP contribution >= 0.6 is 0 Å². The van der Waals surface area contributed by atoms with Crippen molar-refractivity contribution in [3.05, 3.63) is 35.4 Å². The first kappa shape index (κ1) is 23.6. The highest BCUT2D eigenvalue weighted by molar-refractivity contribution is 7.91. The second-order valence-electron chi connectivity index (χ2n) is 7.29. The van der Waals surface area contributed by atoms with Crippen molar-refractivity contribution < 1.29 is 31.2 Å². The summed E-state index contributed by atoms with van der Waals surface area (Å²) in [6, 6.07) is 0.771. The van der Waals surface area contributed by atoms with Gasteiger partial charge in [0.15, 0.2) is 20.5 Å². The lowest BCUT2D eigenvalue weighted by molar-refractivity contribution is -0.141. The first-order valence-corrected chi connectivity index (χ1v) is 11.4. The van der Waals surface area contributed by atoms with Gasteiger partial charge in [-0.05, 0) is 18.6 Å². The number of aryl methyl sites for hydroxylation is 2. The second kappa shape index (κ2) is 8.02. The van der Waals surface area contributed by atoms with Crippen LogP contribution in [0.4, 0.5) is 13.2 Å². The van der Waals surface area contributed by atoms with Gasteiger partial charge in [0.1, 0.15) is 22.8 Å². The number of nitrogens with zero attached hydrogens (tertiary/aromatic N) is 6. The molecule has 0 aromatic carbocycles. The number of nitrogens with one attached hydrogen (secondary N) is 1. The van der Waals surface area contributed by atoms with Crippen LogP contribution in [0.2, 0.25) is 0 Å². The molecule has 15 heteroatoms. The third-order valence-corrected chi connectivity index (χ3v) is 6.80. The molecular formula is C19H18F3N7O4S. The average molecular weight is 497 g/mol. The summed E-state index contributed by atoms with van der Waals surface area (Å²) in [5, 5.41) is 3.75. The number of halogens is 3. The van der Waals surface area contributed by atoms with E-state index in [1.54, 1.807) is 6.92 Å². The summed E-state index contributed by atoms with van der Waals surface area (Å²) in [5.74, 6) is -1.04. The molecule has 180 valence electrons. The van der Waals surface area contributed by atoms with Crippen LogP contribution in [-0.2, 0) is 27.9 Å². The zero-order valence-corrected chi connectivity index (χ0v) is 19.1. The van der Waals surface area contributed by atoms with E-state index >= 15 is 0 Å². The molecule has 4 rings (SSSR count). The number of fused-ring (bicyclic) bond motifs is 2. The van der Waals surface area contributed by atoms with E-state index in [-0.39, 0.29) is 39.5 Å². The van der Waals surface area contributed by atoms with Crippen LogP contribution in [0, 0.1) is 6.92 Å². The minimum absolute atomic E-state index is 0.00685. The van der Waals surface area contributed by atoms with Gasteiger partial charge in [-0.15, -0.1) is 0 Å². The van der Waals surface area contributed by atoms with Gasteiger partial charge in [-0.1, -0.05) is 6.92 Å². The Bertz CT molecular complexity index is 1560. The van der Waals surface area contributed by atoms with Crippen LogP contribution in [0.15, 0.2) is 23.5 Å². The molecule has 0 radical (unpaired) electrons. The molecule has 4 heterocycles. The predicted octanol–water partition coefficient (Wildman–Crippen LogP) is 2.09. The summed E-state index contributed by atoms with van der Waals surface area (Å²) in [6.45, 7) is 2.99. The molecule has 0 aliphatic heterocycles. The fraction of sp³-hybridized carbons (Fsp3) is 0.316. The maximum Gasteiger partial charge on any atom is 0.433 e. The number of hydrogen-bond donors (Lipinski definition) is 1. The van der Waals surface area contributed by atoms with Gasteiger partial charge < -0.3 is 4.57 Å². The number of hydroxylamine groups is 1. The number of pyridine rings is 1. The van der Waals surface area contributed by atoms with Gasteiger partial charge in [0, 0.05) is 13.2 Å². The van der Waals surface area contributed by atoms with E-state index in [1.165, 1.54) is 31.8 Å². The Kier molecular flexibility index (Phi) is 5.56. The molecule has 0 aliphatic carbocycles. The van der Waals surface area contributed by atoms with E-state index in [1.807, 2.05) is 0 Å². The van der Waals surface area contributed by atoms with E-state index in [4.69, 9.17) is 0 Å². The zero-order valence-electron chi connectivity index (χ0n) is 18.3. The number of aromatic nitrogens is 6. The molecule has 1 amide bonds. The lowest BCUT2D eigenvalue weighted by Gasteiger charge is -2.08. The van der Waals surface area contributed by atoms with Crippen LogP contribution in [-0.4, -0.2) is 56.3 Å². The summed E-state index contributed by atoms with van der Waals surface area (Å²) in [6.07, 6.45) is -2.33. The van der Waals surface area contributed by atoms with E-state index in [0.717, 1.165) is 16.8 Å². The Morgan fingerprint density at radius 2 is 1.94 bits per heavy atom. The fourth-order valence-corrected chi connectivity index (χ4v) is 4.46. The van der Waals surface area contributed by atoms with Crippen LogP contribution in [0.1, 0.15) is 28.7 Å². The number of imidazole rings is 1. The molecule has 0 fully saturated rings. The van der Waals surface area contributed by atoms with E-state index in [0.29, 0.717) is 5.56 Å². The van der Waals surface area contributed by atoms with Crippen LogP contribution in [0.25, 0.3) is 28.1 Å². The Labute approximate surface area is 190 Å². The standard InChI is InChI=1S/C19H18F3N7O4S/c1-5-34(31,32)18-13(15-24-7-9(2)14(29(15)26-18)17(30)27-33-4)16-25-10-6-12(19(20,21)22)23-8-11(10)28(16)3/h6-8H,5H2,1-4H3,(H,27,30). The van der Waals surface area contributed by atoms with Crippen molar-refractivity contribution in [1.29, 1.82) is 0 Å². The van der Waals surface area contributed by atoms with Gasteiger partial charge in [-0.25, -0.2) is 33.4 Å². The number of rotatable bonds is 5. The summed E-state index contributed by atoms with van der Waals surface area (Å²) in [7, 11) is -1.25. The monoisotopic (exact) mass is 497 g/mol. The first-order chi connectivity index (χ1) is 15.9. The fourth-order valence-electron chi connectivity index (χ4n) is 3.48. The molecular weight excluding hydrogens is 479 g/mol. The van der Waals surface area contributed by atoms with Crippen molar-refractivity contribution in [2.24, 2.45) is 7.05 Å². The number of carbonyl (C=O) groups is 1. The highest BCUT2D eigenvalue weighted by Crippen LogP contribution is 2.35. The third-order valence-electron chi connectivity index (χ3n) is 5.16. The summed E-state index contributed by atoms with van der Waals surface area (Å²) >= 11 is 0. The molecule has 0 bridgehead atoms. The van der Waals surface area contributed by atoms with Crippen LogP contribution in [0.3, 0.4) is 0 Å². The molecule has 1 N–H and O–H groups in total. The third kappa shape index (κ3) is 3.66. The molecule has 0 saturated heterocycles. The highest BCUT2D eigenvalue weighted by Gasteiger charge is 2.34. The second-order valence-corrected chi connectivity index (χ2v) is 9.49. The molecule has 0 aliphatic rings. The van der Waals surface area contributed by atoms with Crippen molar-refractivity contribution in [2.45, 2.75) is 25.0 Å². The van der Waals surface area contributed by atoms with E-state index in [2.05, 4.69) is 30.4 Å². The molecule has 0 unspecified atom stereocenters. The Morgan fingerprint density at radius 3 is 2.56 bits per heavy atom. The number of hydrogen-bond acceptors (Lipinski definition) is 8. The molecule has 11 nitrogen and oxygen atoms in total. The maximum absolute atomic E-state index is 13.1. The summed E-state index contributed by atoms with van der Waals surface area (Å²) < 4.78 is 67.8. The van der Waals surface area contributed by atoms with Gasteiger partial charge >= 0.3 is 6.18 Å². The van der Waals surface area contributed by atoms with E-state index < -0.39 is 32.6 Å². The summed E-state index contributed by atoms with van der Waals surface area (Å²) in [4.78, 5) is 29.2. The van der Waals surface area contributed by atoms with Crippen molar-refractivity contribution in [3.8, 4) is 11.4 Å². The normalized spacial score (nSPS) is 12.6. The van der Waals surface area contributed by atoms with Gasteiger partial charge in [-0.2, -0.15) is 18.3 Å². The molecule has 4 aromatic heterocycles. The summed E-state index contributed by atoms with van der Waals surface area (Å²) in [5.41, 5.74) is 1.45. The minimum Gasteiger partial charge on any atom is -0.326 e. The van der Waals surface area contributed by atoms with Crippen molar-refractivity contribution in [3.63, 3.8) is 0 Å². The van der Waals surface area contributed by atoms with Crippen molar-refractivity contribution in [2.75, 3.05) is 12.9 Å². The van der Waals surface area contributed by atoms with Crippen LogP contribution < -0.4 is 5.48 Å². The molecule has 4 aromatic rings. The number of amides is 1. The Morgan fingerprint density at radius 1 is 1.24 bits per heavy atom. The highest BCUT2D eigenvalue weighted by atomic mass is 32.2. The number of alkyl halides is 3. The zero-order chi connectivity index (χ0) is 25.0. The number of carbonyl (C=O) groups excluding carboxylic acids is 1. The molecule has 34 heavy (non-hydrogen) atoms. The SMILES string of the molecule is CCS(=O)(=O)c1nn2c(C(=O)NOC)c(C)cnc2c1-c1nc2cc(C(F)(F)F)ncc2n1C. The molecule has 0 spiro atoms.